The second-order valence-corrected chi connectivity index (χ2v) is 7.16. The van der Waals surface area contributed by atoms with Crippen LogP contribution in [0.15, 0.2) is 47.3 Å². The number of likely N-dealkylation sites (N-methyl/N-ethyl adjacent to an activating group) is 1. The Hall–Kier alpha value is -3.39. The number of pyridine rings is 1. The van der Waals surface area contributed by atoms with Crippen LogP contribution in [-0.2, 0) is 11.3 Å². The number of fused-ring (bicyclic) bond motifs is 2. The van der Waals surface area contributed by atoms with Gasteiger partial charge < -0.3 is 14.8 Å². The van der Waals surface area contributed by atoms with Crippen LogP contribution in [0.2, 0.25) is 0 Å². The van der Waals surface area contributed by atoms with E-state index in [0.29, 0.717) is 54.8 Å². The van der Waals surface area contributed by atoms with Gasteiger partial charge in [0, 0.05) is 30.1 Å². The number of anilines is 1. The second-order valence-electron chi connectivity index (χ2n) is 7.16. The van der Waals surface area contributed by atoms with E-state index in [1.54, 1.807) is 22.6 Å². The summed E-state index contributed by atoms with van der Waals surface area (Å²) in [4.78, 5) is 31.5. The molecular weight excluding hydrogens is 384 g/mol. The molecule has 1 N–H and O–H groups in total. The molecule has 0 aliphatic carbocycles. The number of nitrogens with one attached hydrogen (secondary N) is 1. The van der Waals surface area contributed by atoms with Crippen molar-refractivity contribution in [1.29, 1.82) is 0 Å². The van der Waals surface area contributed by atoms with E-state index in [1.807, 2.05) is 36.9 Å². The average molecular weight is 408 g/mol. The third-order valence-electron chi connectivity index (χ3n) is 4.96. The standard InChI is InChI=1S/C22H24N4O4/c1-3-25(13-17-12-22(28)26-15(2)5-4-6-20(26)23-17)14-21(27)24-16-7-8-18-19(11-16)30-10-9-29-18/h4-8,11-12H,3,9-10,13-14H2,1-2H3,(H,24,27). The molecule has 0 unspecified atom stereocenters. The minimum Gasteiger partial charge on any atom is -0.486 e. The number of rotatable bonds is 6. The molecule has 8 nitrogen and oxygen atoms in total. The lowest BCUT2D eigenvalue weighted by atomic mass is 10.2. The quantitative estimate of drug-likeness (QED) is 0.673. The van der Waals surface area contributed by atoms with Gasteiger partial charge in [-0.3, -0.25) is 18.9 Å². The lowest BCUT2D eigenvalue weighted by molar-refractivity contribution is -0.117. The third-order valence-corrected chi connectivity index (χ3v) is 4.96. The number of benzene rings is 1. The third kappa shape index (κ3) is 4.28. The number of amides is 1. The molecule has 1 amide bonds. The van der Waals surface area contributed by atoms with Crippen molar-refractivity contribution < 1.29 is 14.3 Å². The number of carbonyl (C=O) groups excluding carboxylic acids is 1. The Balaban J connectivity index is 1.44. The SMILES string of the molecule is CCN(CC(=O)Nc1ccc2c(c1)OCCO2)Cc1cc(=O)n2c(C)cccc2n1. The Bertz CT molecular complexity index is 1140. The average Bonchev–Trinajstić information content (AvgIpc) is 2.73. The van der Waals surface area contributed by atoms with Gasteiger partial charge in [0.05, 0.1) is 12.2 Å². The fourth-order valence-corrected chi connectivity index (χ4v) is 3.48. The molecule has 1 aromatic carbocycles. The molecule has 0 bridgehead atoms. The van der Waals surface area contributed by atoms with Crippen LogP contribution >= 0.6 is 0 Å². The highest BCUT2D eigenvalue weighted by molar-refractivity contribution is 5.92. The number of carbonyl (C=O) groups is 1. The van der Waals surface area contributed by atoms with Gasteiger partial charge in [-0.15, -0.1) is 0 Å². The zero-order valence-electron chi connectivity index (χ0n) is 17.1. The van der Waals surface area contributed by atoms with Crippen LogP contribution in [0.5, 0.6) is 11.5 Å². The normalized spacial score (nSPS) is 12.9. The summed E-state index contributed by atoms with van der Waals surface area (Å²) in [5.41, 5.74) is 2.61. The molecule has 1 aliphatic rings. The first-order valence-electron chi connectivity index (χ1n) is 9.93. The van der Waals surface area contributed by atoms with Crippen molar-refractivity contribution in [3.05, 3.63) is 64.2 Å². The van der Waals surface area contributed by atoms with Crippen molar-refractivity contribution in [3.8, 4) is 11.5 Å². The number of aryl methyl sites for hydroxylation is 1. The molecule has 30 heavy (non-hydrogen) atoms. The van der Waals surface area contributed by atoms with E-state index in [9.17, 15) is 9.59 Å². The summed E-state index contributed by atoms with van der Waals surface area (Å²) in [5.74, 6) is 1.16. The summed E-state index contributed by atoms with van der Waals surface area (Å²) >= 11 is 0. The predicted octanol–water partition coefficient (Wildman–Crippen LogP) is 2.23. The van der Waals surface area contributed by atoms with Crippen LogP contribution in [0.4, 0.5) is 5.69 Å². The molecule has 0 saturated heterocycles. The number of aromatic nitrogens is 2. The van der Waals surface area contributed by atoms with E-state index in [4.69, 9.17) is 9.47 Å². The molecule has 3 heterocycles. The van der Waals surface area contributed by atoms with Crippen molar-refractivity contribution >= 4 is 17.2 Å². The summed E-state index contributed by atoms with van der Waals surface area (Å²) in [6.45, 7) is 6.09. The van der Waals surface area contributed by atoms with Crippen LogP contribution in [-0.4, -0.2) is 46.5 Å². The number of ether oxygens (including phenoxy) is 2. The second kappa shape index (κ2) is 8.54. The van der Waals surface area contributed by atoms with E-state index in [0.717, 1.165) is 5.69 Å². The first-order valence-corrected chi connectivity index (χ1v) is 9.93. The highest BCUT2D eigenvalue weighted by Crippen LogP contribution is 2.32. The van der Waals surface area contributed by atoms with Gasteiger partial charge in [-0.05, 0) is 37.7 Å². The summed E-state index contributed by atoms with van der Waals surface area (Å²) in [6, 6.07) is 12.4. The van der Waals surface area contributed by atoms with Gasteiger partial charge in [0.2, 0.25) is 5.91 Å². The summed E-state index contributed by atoms with van der Waals surface area (Å²) < 4.78 is 12.6. The van der Waals surface area contributed by atoms with Gasteiger partial charge in [0.1, 0.15) is 18.9 Å². The molecule has 1 aliphatic heterocycles. The Morgan fingerprint density at radius 1 is 1.17 bits per heavy atom. The first kappa shape index (κ1) is 19.9. The maximum Gasteiger partial charge on any atom is 0.258 e. The van der Waals surface area contributed by atoms with Gasteiger partial charge in [-0.25, -0.2) is 4.98 Å². The highest BCUT2D eigenvalue weighted by atomic mass is 16.6. The minimum absolute atomic E-state index is 0.120. The predicted molar refractivity (Wildman–Crippen MR) is 113 cm³/mol. The molecule has 3 aromatic rings. The minimum atomic E-state index is -0.151. The highest BCUT2D eigenvalue weighted by Gasteiger charge is 2.15. The van der Waals surface area contributed by atoms with Crippen LogP contribution in [0, 0.1) is 6.92 Å². The molecule has 156 valence electrons. The zero-order valence-corrected chi connectivity index (χ0v) is 17.1. The Kier molecular flexibility index (Phi) is 5.67. The number of hydrogen-bond acceptors (Lipinski definition) is 6. The summed E-state index contributed by atoms with van der Waals surface area (Å²) in [5, 5.41) is 2.89. The number of hydrogen-bond donors (Lipinski definition) is 1. The van der Waals surface area contributed by atoms with Crippen molar-refractivity contribution in [2.75, 3.05) is 31.6 Å². The van der Waals surface area contributed by atoms with E-state index in [1.165, 1.54) is 6.07 Å². The van der Waals surface area contributed by atoms with Crippen LogP contribution in [0.1, 0.15) is 18.3 Å². The Morgan fingerprint density at radius 2 is 1.97 bits per heavy atom. The largest absolute Gasteiger partial charge is 0.486 e. The Morgan fingerprint density at radius 3 is 2.77 bits per heavy atom. The fraction of sp³-hybridized carbons (Fsp3) is 0.318. The monoisotopic (exact) mass is 408 g/mol. The molecule has 0 spiro atoms. The maximum atomic E-state index is 12.6. The molecule has 0 saturated carbocycles. The Labute approximate surface area is 174 Å². The van der Waals surface area contributed by atoms with Gasteiger partial charge >= 0.3 is 0 Å². The van der Waals surface area contributed by atoms with Gasteiger partial charge in [0.15, 0.2) is 11.5 Å². The lowest BCUT2D eigenvalue weighted by Gasteiger charge is -2.21. The zero-order chi connectivity index (χ0) is 21.1. The van der Waals surface area contributed by atoms with Gasteiger partial charge in [-0.1, -0.05) is 13.0 Å². The lowest BCUT2D eigenvalue weighted by Crippen LogP contribution is -2.33. The van der Waals surface area contributed by atoms with Crippen molar-refractivity contribution in [1.82, 2.24) is 14.3 Å². The smallest absolute Gasteiger partial charge is 0.258 e. The molecule has 0 atom stereocenters. The van der Waals surface area contributed by atoms with Crippen molar-refractivity contribution in [2.24, 2.45) is 0 Å². The molecule has 4 rings (SSSR count). The molecule has 0 radical (unpaired) electrons. The van der Waals surface area contributed by atoms with E-state index in [2.05, 4.69) is 10.3 Å². The topological polar surface area (TPSA) is 85.2 Å². The van der Waals surface area contributed by atoms with Gasteiger partial charge in [-0.2, -0.15) is 0 Å². The van der Waals surface area contributed by atoms with E-state index >= 15 is 0 Å². The molecule has 0 fully saturated rings. The van der Waals surface area contributed by atoms with E-state index in [-0.39, 0.29) is 18.0 Å². The molecule has 2 aromatic heterocycles. The molecule has 8 heteroatoms. The first-order chi connectivity index (χ1) is 14.5. The van der Waals surface area contributed by atoms with E-state index < -0.39 is 0 Å². The van der Waals surface area contributed by atoms with Crippen LogP contribution < -0.4 is 20.3 Å². The van der Waals surface area contributed by atoms with Crippen LogP contribution in [0.25, 0.3) is 5.65 Å². The summed E-state index contributed by atoms with van der Waals surface area (Å²) in [7, 11) is 0. The van der Waals surface area contributed by atoms with Crippen molar-refractivity contribution in [3.63, 3.8) is 0 Å². The molecular formula is C22H24N4O4. The number of nitrogens with zero attached hydrogens (tertiary/aromatic N) is 3. The maximum absolute atomic E-state index is 12.6. The summed E-state index contributed by atoms with van der Waals surface area (Å²) in [6.07, 6.45) is 0. The van der Waals surface area contributed by atoms with Crippen molar-refractivity contribution in [2.45, 2.75) is 20.4 Å². The van der Waals surface area contributed by atoms with Gasteiger partial charge in [0.25, 0.3) is 5.56 Å². The van der Waals surface area contributed by atoms with Crippen LogP contribution in [0.3, 0.4) is 0 Å². The fourth-order valence-electron chi connectivity index (χ4n) is 3.48.